The molecule has 2 rings (SSSR count). The van der Waals surface area contributed by atoms with E-state index in [1.165, 1.54) is 39.1 Å². The van der Waals surface area contributed by atoms with Crippen LogP contribution in [0.15, 0.2) is 22.7 Å². The number of nitrogens with one attached hydrogen (secondary N) is 1. The van der Waals surface area contributed by atoms with Crippen molar-refractivity contribution in [2.45, 2.75) is 13.0 Å². The highest BCUT2D eigenvalue weighted by atomic mass is 79.9. The number of halogens is 2. The van der Waals surface area contributed by atoms with Crippen LogP contribution in [0.4, 0.5) is 0 Å². The Morgan fingerprint density at radius 3 is 2.75 bits per heavy atom. The Labute approximate surface area is 135 Å². The maximum absolute atomic E-state index is 6.17. The third kappa shape index (κ3) is 5.34. The van der Waals surface area contributed by atoms with Crippen LogP contribution in [0, 0.1) is 0 Å². The molecule has 0 unspecified atom stereocenters. The smallest absolute Gasteiger partial charge is 0.0451 e. The average Bonchev–Trinajstić information content (AvgIpc) is 2.44. The first-order valence-electron chi connectivity index (χ1n) is 7.21. The fraction of sp³-hybridized carbons (Fsp3) is 0.600. The van der Waals surface area contributed by atoms with Crippen molar-refractivity contribution in [2.24, 2.45) is 0 Å². The Morgan fingerprint density at radius 1 is 1.25 bits per heavy atom. The standard InChI is InChI=1S/C15H23BrClN3/c1-19-7-9-20(10-8-19)6-2-5-18-12-13-11-14(16)3-4-15(13)17/h3-4,11,18H,2,5-10,12H2,1H3. The second kappa shape index (κ2) is 8.35. The molecule has 1 heterocycles. The highest BCUT2D eigenvalue weighted by Crippen LogP contribution is 2.20. The summed E-state index contributed by atoms with van der Waals surface area (Å²) in [6.45, 7) is 7.85. The van der Waals surface area contributed by atoms with Crippen molar-refractivity contribution < 1.29 is 0 Å². The van der Waals surface area contributed by atoms with Crippen molar-refractivity contribution in [2.75, 3.05) is 46.3 Å². The van der Waals surface area contributed by atoms with Gasteiger partial charge in [-0.3, -0.25) is 0 Å². The summed E-state index contributed by atoms with van der Waals surface area (Å²) in [6.07, 6.45) is 1.19. The minimum Gasteiger partial charge on any atom is -0.313 e. The van der Waals surface area contributed by atoms with Crippen molar-refractivity contribution in [1.82, 2.24) is 15.1 Å². The lowest BCUT2D eigenvalue weighted by atomic mass is 10.2. The van der Waals surface area contributed by atoms with Gasteiger partial charge in [0.25, 0.3) is 0 Å². The molecule has 0 amide bonds. The van der Waals surface area contributed by atoms with Gasteiger partial charge in [-0.1, -0.05) is 27.5 Å². The molecule has 0 atom stereocenters. The Kier molecular flexibility index (Phi) is 6.78. The molecule has 0 saturated carbocycles. The number of benzene rings is 1. The summed E-state index contributed by atoms with van der Waals surface area (Å²) in [4.78, 5) is 4.94. The van der Waals surface area contributed by atoms with Gasteiger partial charge in [0.2, 0.25) is 0 Å². The van der Waals surface area contributed by atoms with E-state index in [9.17, 15) is 0 Å². The predicted octanol–water partition coefficient (Wildman–Crippen LogP) is 2.83. The van der Waals surface area contributed by atoms with Gasteiger partial charge < -0.3 is 15.1 Å². The van der Waals surface area contributed by atoms with Gasteiger partial charge >= 0.3 is 0 Å². The zero-order valence-corrected chi connectivity index (χ0v) is 14.4. The second-order valence-corrected chi connectivity index (χ2v) is 6.73. The summed E-state index contributed by atoms with van der Waals surface area (Å²) in [5, 5.41) is 4.31. The molecule has 5 heteroatoms. The highest BCUT2D eigenvalue weighted by Gasteiger charge is 2.12. The molecule has 0 aliphatic carbocycles. The predicted molar refractivity (Wildman–Crippen MR) is 89.4 cm³/mol. The van der Waals surface area contributed by atoms with Gasteiger partial charge in [-0.25, -0.2) is 0 Å². The number of hydrogen-bond donors (Lipinski definition) is 1. The fourth-order valence-electron chi connectivity index (χ4n) is 2.40. The average molecular weight is 361 g/mol. The summed E-state index contributed by atoms with van der Waals surface area (Å²) >= 11 is 9.65. The molecule has 1 fully saturated rings. The molecule has 1 aromatic carbocycles. The first-order valence-corrected chi connectivity index (χ1v) is 8.38. The normalized spacial score (nSPS) is 17.6. The monoisotopic (exact) mass is 359 g/mol. The van der Waals surface area contributed by atoms with Gasteiger partial charge in [0.05, 0.1) is 0 Å². The lowest BCUT2D eigenvalue weighted by Crippen LogP contribution is -2.45. The van der Waals surface area contributed by atoms with Gasteiger partial charge in [-0.2, -0.15) is 0 Å². The summed E-state index contributed by atoms with van der Waals surface area (Å²) in [6, 6.07) is 5.99. The van der Waals surface area contributed by atoms with Crippen LogP contribution in [0.5, 0.6) is 0 Å². The molecule has 1 aliphatic rings. The maximum Gasteiger partial charge on any atom is 0.0451 e. The van der Waals surface area contributed by atoms with Crippen molar-refractivity contribution in [3.8, 4) is 0 Å². The van der Waals surface area contributed by atoms with E-state index >= 15 is 0 Å². The number of hydrogen-bond acceptors (Lipinski definition) is 3. The van der Waals surface area contributed by atoms with E-state index in [4.69, 9.17) is 11.6 Å². The Balaban J connectivity index is 1.61. The minimum absolute atomic E-state index is 0.833. The summed E-state index contributed by atoms with van der Waals surface area (Å²) in [7, 11) is 2.20. The van der Waals surface area contributed by atoms with Gasteiger partial charge in [-0.15, -0.1) is 0 Å². The molecule has 0 bridgehead atoms. The van der Waals surface area contributed by atoms with Gasteiger partial charge in [0.15, 0.2) is 0 Å². The third-order valence-corrected chi connectivity index (χ3v) is 4.61. The van der Waals surface area contributed by atoms with Crippen LogP contribution in [-0.2, 0) is 6.54 Å². The van der Waals surface area contributed by atoms with E-state index in [1.807, 2.05) is 12.1 Å². The molecule has 1 aliphatic heterocycles. The quantitative estimate of drug-likeness (QED) is 0.787. The van der Waals surface area contributed by atoms with Crippen LogP contribution in [-0.4, -0.2) is 56.1 Å². The van der Waals surface area contributed by atoms with E-state index < -0.39 is 0 Å². The molecule has 0 radical (unpaired) electrons. The third-order valence-electron chi connectivity index (χ3n) is 3.75. The number of rotatable bonds is 6. The number of likely N-dealkylation sites (N-methyl/N-ethyl adjacent to an activating group) is 1. The number of piperazine rings is 1. The van der Waals surface area contributed by atoms with Crippen LogP contribution in [0.3, 0.4) is 0 Å². The molecule has 1 saturated heterocycles. The Bertz CT molecular complexity index is 420. The largest absolute Gasteiger partial charge is 0.313 e. The zero-order chi connectivity index (χ0) is 14.4. The van der Waals surface area contributed by atoms with Crippen molar-refractivity contribution in [3.05, 3.63) is 33.3 Å². The Morgan fingerprint density at radius 2 is 2.00 bits per heavy atom. The van der Waals surface area contributed by atoms with Crippen LogP contribution >= 0.6 is 27.5 Å². The fourth-order valence-corrected chi connectivity index (χ4v) is 2.99. The molecular formula is C15H23BrClN3. The topological polar surface area (TPSA) is 18.5 Å². The molecule has 1 aromatic rings. The van der Waals surface area contributed by atoms with Crippen molar-refractivity contribution in [1.29, 1.82) is 0 Å². The van der Waals surface area contributed by atoms with Crippen LogP contribution in [0.25, 0.3) is 0 Å². The molecule has 112 valence electrons. The molecular weight excluding hydrogens is 338 g/mol. The van der Waals surface area contributed by atoms with E-state index in [0.29, 0.717) is 0 Å². The summed E-state index contributed by atoms with van der Waals surface area (Å²) in [5.74, 6) is 0. The highest BCUT2D eigenvalue weighted by molar-refractivity contribution is 9.10. The summed E-state index contributed by atoms with van der Waals surface area (Å²) in [5.41, 5.74) is 1.15. The summed E-state index contributed by atoms with van der Waals surface area (Å²) < 4.78 is 1.08. The lowest BCUT2D eigenvalue weighted by Gasteiger charge is -2.32. The van der Waals surface area contributed by atoms with Crippen LogP contribution in [0.1, 0.15) is 12.0 Å². The van der Waals surface area contributed by atoms with Crippen LogP contribution in [0.2, 0.25) is 5.02 Å². The molecule has 0 spiro atoms. The van der Waals surface area contributed by atoms with E-state index in [2.05, 4.69) is 44.2 Å². The van der Waals surface area contributed by atoms with Crippen molar-refractivity contribution in [3.63, 3.8) is 0 Å². The van der Waals surface area contributed by atoms with Crippen molar-refractivity contribution >= 4 is 27.5 Å². The Hall–Kier alpha value is -0.130. The molecule has 1 N–H and O–H groups in total. The van der Waals surface area contributed by atoms with E-state index in [-0.39, 0.29) is 0 Å². The van der Waals surface area contributed by atoms with Crippen LogP contribution < -0.4 is 5.32 Å². The lowest BCUT2D eigenvalue weighted by molar-refractivity contribution is 0.153. The SMILES string of the molecule is CN1CCN(CCCNCc2cc(Br)ccc2Cl)CC1. The minimum atomic E-state index is 0.833. The molecule has 3 nitrogen and oxygen atoms in total. The first-order chi connectivity index (χ1) is 9.65. The van der Waals surface area contributed by atoms with Gasteiger partial charge in [0.1, 0.15) is 0 Å². The second-order valence-electron chi connectivity index (χ2n) is 5.41. The van der Waals surface area contributed by atoms with E-state index in [1.54, 1.807) is 0 Å². The maximum atomic E-state index is 6.17. The zero-order valence-electron chi connectivity index (χ0n) is 12.0. The first kappa shape index (κ1) is 16.2. The molecule has 0 aromatic heterocycles. The number of nitrogens with zero attached hydrogens (tertiary/aromatic N) is 2. The van der Waals surface area contributed by atoms with Gasteiger partial charge in [-0.05, 0) is 50.3 Å². The van der Waals surface area contributed by atoms with Gasteiger partial charge in [0, 0.05) is 42.2 Å². The van der Waals surface area contributed by atoms with E-state index in [0.717, 1.165) is 28.1 Å². The molecule has 20 heavy (non-hydrogen) atoms.